The standard InChI is InChI=1S/C14H17FN2O3/c1-3-4-14-16-13(17-20-14)8-19-12-7-10(15)5-6-11(12)9(2)18/h5-7,9,18H,3-4,8H2,1-2H3/t9-/m0/s1. The van der Waals surface area contributed by atoms with Gasteiger partial charge >= 0.3 is 0 Å². The molecule has 20 heavy (non-hydrogen) atoms. The van der Waals surface area contributed by atoms with Crippen LogP contribution in [-0.4, -0.2) is 15.2 Å². The van der Waals surface area contributed by atoms with Gasteiger partial charge in [-0.25, -0.2) is 4.39 Å². The zero-order valence-corrected chi connectivity index (χ0v) is 11.5. The van der Waals surface area contributed by atoms with Crippen molar-refractivity contribution in [2.45, 2.75) is 39.4 Å². The Hall–Kier alpha value is -1.95. The summed E-state index contributed by atoms with van der Waals surface area (Å²) in [6, 6.07) is 4.01. The van der Waals surface area contributed by atoms with Crippen LogP contribution in [0.25, 0.3) is 0 Å². The molecule has 0 unspecified atom stereocenters. The van der Waals surface area contributed by atoms with Crippen LogP contribution < -0.4 is 4.74 Å². The molecule has 0 saturated heterocycles. The van der Waals surface area contributed by atoms with E-state index >= 15 is 0 Å². The van der Waals surface area contributed by atoms with Gasteiger partial charge in [-0.05, 0) is 25.5 Å². The third kappa shape index (κ3) is 3.54. The van der Waals surface area contributed by atoms with Crippen molar-refractivity contribution in [3.05, 3.63) is 41.3 Å². The molecule has 1 heterocycles. The molecule has 1 N–H and O–H groups in total. The van der Waals surface area contributed by atoms with Gasteiger partial charge in [0.15, 0.2) is 6.61 Å². The summed E-state index contributed by atoms with van der Waals surface area (Å²) in [5.41, 5.74) is 0.517. The molecule has 1 atom stereocenters. The molecule has 2 rings (SSSR count). The van der Waals surface area contributed by atoms with Crippen molar-refractivity contribution in [1.82, 2.24) is 10.1 Å². The lowest BCUT2D eigenvalue weighted by molar-refractivity contribution is 0.189. The number of hydrogen-bond acceptors (Lipinski definition) is 5. The molecule has 1 aromatic heterocycles. The van der Waals surface area contributed by atoms with Gasteiger partial charge in [0.05, 0.1) is 6.10 Å². The van der Waals surface area contributed by atoms with Crippen LogP contribution in [0.3, 0.4) is 0 Å². The highest BCUT2D eigenvalue weighted by atomic mass is 19.1. The monoisotopic (exact) mass is 280 g/mol. The second kappa shape index (κ2) is 6.47. The number of halogens is 1. The Morgan fingerprint density at radius 3 is 2.95 bits per heavy atom. The normalized spacial score (nSPS) is 12.4. The molecule has 0 radical (unpaired) electrons. The number of rotatable bonds is 6. The lowest BCUT2D eigenvalue weighted by Crippen LogP contribution is -2.03. The molecule has 0 fully saturated rings. The molecular weight excluding hydrogens is 263 g/mol. The molecule has 6 heteroatoms. The summed E-state index contributed by atoms with van der Waals surface area (Å²) < 4.78 is 23.7. The van der Waals surface area contributed by atoms with Crippen molar-refractivity contribution >= 4 is 0 Å². The van der Waals surface area contributed by atoms with Gasteiger partial charge in [0, 0.05) is 18.1 Å². The van der Waals surface area contributed by atoms with Gasteiger partial charge in [-0.3, -0.25) is 0 Å². The van der Waals surface area contributed by atoms with E-state index in [1.165, 1.54) is 18.2 Å². The molecule has 0 aliphatic rings. The van der Waals surface area contributed by atoms with Gasteiger partial charge in [0.1, 0.15) is 11.6 Å². The van der Waals surface area contributed by atoms with E-state index in [0.717, 1.165) is 6.42 Å². The molecule has 0 aliphatic heterocycles. The summed E-state index contributed by atoms with van der Waals surface area (Å²) in [5, 5.41) is 13.4. The van der Waals surface area contributed by atoms with E-state index in [-0.39, 0.29) is 12.4 Å². The molecule has 108 valence electrons. The zero-order valence-electron chi connectivity index (χ0n) is 11.5. The molecule has 0 spiro atoms. The molecule has 0 bridgehead atoms. The van der Waals surface area contributed by atoms with Crippen LogP contribution in [0.15, 0.2) is 22.7 Å². The third-order valence-corrected chi connectivity index (χ3v) is 2.76. The Bertz CT molecular complexity index is 569. The van der Waals surface area contributed by atoms with Gasteiger partial charge in [-0.1, -0.05) is 12.1 Å². The van der Waals surface area contributed by atoms with Gasteiger partial charge in [-0.15, -0.1) is 0 Å². The summed E-state index contributed by atoms with van der Waals surface area (Å²) in [6.45, 7) is 3.67. The van der Waals surface area contributed by atoms with Crippen molar-refractivity contribution in [3.63, 3.8) is 0 Å². The molecular formula is C14H17FN2O3. The maximum Gasteiger partial charge on any atom is 0.226 e. The largest absolute Gasteiger partial charge is 0.485 e. The molecule has 1 aromatic carbocycles. The quantitative estimate of drug-likeness (QED) is 0.881. The summed E-state index contributed by atoms with van der Waals surface area (Å²) in [4.78, 5) is 4.15. The average Bonchev–Trinajstić information content (AvgIpc) is 2.84. The van der Waals surface area contributed by atoms with Crippen molar-refractivity contribution in [2.24, 2.45) is 0 Å². The number of aryl methyl sites for hydroxylation is 1. The van der Waals surface area contributed by atoms with Crippen LogP contribution in [0.5, 0.6) is 5.75 Å². The Balaban J connectivity index is 2.07. The first-order chi connectivity index (χ1) is 9.60. The number of benzene rings is 1. The summed E-state index contributed by atoms with van der Waals surface area (Å²) >= 11 is 0. The Morgan fingerprint density at radius 2 is 2.25 bits per heavy atom. The van der Waals surface area contributed by atoms with Crippen molar-refractivity contribution in [3.8, 4) is 5.75 Å². The second-order valence-corrected chi connectivity index (χ2v) is 4.50. The highest BCUT2D eigenvalue weighted by molar-refractivity contribution is 5.35. The minimum atomic E-state index is -0.744. The third-order valence-electron chi connectivity index (χ3n) is 2.76. The van der Waals surface area contributed by atoms with E-state index in [2.05, 4.69) is 10.1 Å². The number of aliphatic hydroxyl groups is 1. The first kappa shape index (κ1) is 14.5. The highest BCUT2D eigenvalue weighted by Gasteiger charge is 2.12. The Morgan fingerprint density at radius 1 is 1.45 bits per heavy atom. The fourth-order valence-corrected chi connectivity index (χ4v) is 1.78. The SMILES string of the molecule is CCCc1nc(COc2cc(F)ccc2[C@H](C)O)no1. The lowest BCUT2D eigenvalue weighted by Gasteiger charge is -2.12. The summed E-state index contributed by atoms with van der Waals surface area (Å²) in [5.74, 6) is 0.807. The number of aliphatic hydroxyl groups excluding tert-OH is 1. The molecule has 0 amide bonds. The van der Waals surface area contributed by atoms with Crippen LogP contribution in [-0.2, 0) is 13.0 Å². The van der Waals surface area contributed by atoms with Crippen molar-refractivity contribution in [2.75, 3.05) is 0 Å². The van der Waals surface area contributed by atoms with E-state index in [4.69, 9.17) is 9.26 Å². The smallest absolute Gasteiger partial charge is 0.226 e. The molecule has 0 saturated carbocycles. The van der Waals surface area contributed by atoms with Crippen molar-refractivity contribution in [1.29, 1.82) is 0 Å². The van der Waals surface area contributed by atoms with Crippen LogP contribution in [0, 0.1) is 5.82 Å². The summed E-state index contributed by atoms with van der Waals surface area (Å²) in [6.07, 6.45) is 0.885. The van der Waals surface area contributed by atoms with E-state index in [0.29, 0.717) is 23.7 Å². The van der Waals surface area contributed by atoms with Gasteiger partial charge in [0.25, 0.3) is 0 Å². The van der Waals surface area contributed by atoms with Crippen LogP contribution in [0.2, 0.25) is 0 Å². The van der Waals surface area contributed by atoms with Crippen LogP contribution in [0.4, 0.5) is 4.39 Å². The van der Waals surface area contributed by atoms with Crippen molar-refractivity contribution < 1.29 is 18.8 Å². The van der Waals surface area contributed by atoms with E-state index < -0.39 is 11.9 Å². The first-order valence-electron chi connectivity index (χ1n) is 6.52. The predicted octanol–water partition coefficient (Wildman–Crippen LogP) is 2.79. The van der Waals surface area contributed by atoms with Gasteiger partial charge < -0.3 is 14.4 Å². The number of ether oxygens (including phenoxy) is 1. The molecule has 2 aromatic rings. The Kier molecular flexibility index (Phi) is 4.68. The molecule has 0 aliphatic carbocycles. The maximum absolute atomic E-state index is 13.2. The fourth-order valence-electron chi connectivity index (χ4n) is 1.78. The van der Waals surface area contributed by atoms with Crippen LogP contribution >= 0.6 is 0 Å². The van der Waals surface area contributed by atoms with Crippen LogP contribution in [0.1, 0.15) is 43.7 Å². The van der Waals surface area contributed by atoms with E-state index in [1.807, 2.05) is 6.92 Å². The topological polar surface area (TPSA) is 68.4 Å². The van der Waals surface area contributed by atoms with E-state index in [9.17, 15) is 9.50 Å². The Labute approximate surface area is 116 Å². The van der Waals surface area contributed by atoms with E-state index in [1.54, 1.807) is 6.92 Å². The van der Waals surface area contributed by atoms with Gasteiger partial charge in [-0.2, -0.15) is 4.98 Å². The van der Waals surface area contributed by atoms with Gasteiger partial charge in [0.2, 0.25) is 11.7 Å². The highest BCUT2D eigenvalue weighted by Crippen LogP contribution is 2.26. The number of aromatic nitrogens is 2. The maximum atomic E-state index is 13.2. The predicted molar refractivity (Wildman–Crippen MR) is 69.7 cm³/mol. The number of nitrogens with zero attached hydrogens (tertiary/aromatic N) is 2. The fraction of sp³-hybridized carbons (Fsp3) is 0.429. The summed E-state index contributed by atoms with van der Waals surface area (Å²) in [7, 11) is 0. The number of hydrogen-bond donors (Lipinski definition) is 1. The minimum Gasteiger partial charge on any atom is -0.485 e. The first-order valence-corrected chi connectivity index (χ1v) is 6.52. The minimum absolute atomic E-state index is 0.0659. The molecule has 5 nitrogen and oxygen atoms in total. The zero-order chi connectivity index (χ0) is 14.5. The lowest BCUT2D eigenvalue weighted by atomic mass is 10.1. The second-order valence-electron chi connectivity index (χ2n) is 4.50. The average molecular weight is 280 g/mol.